The second-order valence-electron chi connectivity index (χ2n) is 4.90. The van der Waals surface area contributed by atoms with Crippen LogP contribution in [0.5, 0.6) is 0 Å². The minimum Gasteiger partial charge on any atom is -0.392 e. The van der Waals surface area contributed by atoms with Gasteiger partial charge in [0.05, 0.1) is 18.2 Å². The summed E-state index contributed by atoms with van der Waals surface area (Å²) in [5.74, 6) is 1.20. The maximum absolute atomic E-state index is 9.50. The Labute approximate surface area is 116 Å². The van der Waals surface area contributed by atoms with Crippen LogP contribution in [0.15, 0.2) is 21.3 Å². The van der Waals surface area contributed by atoms with E-state index in [2.05, 4.69) is 28.9 Å². The molecule has 0 fully saturated rings. The van der Waals surface area contributed by atoms with Crippen LogP contribution >= 0.6 is 11.3 Å². The molecule has 6 heteroatoms. The van der Waals surface area contributed by atoms with E-state index >= 15 is 0 Å². The lowest BCUT2D eigenvalue weighted by atomic mass is 10.2. The molecule has 0 spiro atoms. The maximum atomic E-state index is 9.50. The van der Waals surface area contributed by atoms with Gasteiger partial charge in [-0.15, -0.1) is 0 Å². The van der Waals surface area contributed by atoms with Crippen molar-refractivity contribution in [1.82, 2.24) is 15.0 Å². The molecular formula is C13H19N3O2S. The predicted octanol–water partition coefficient (Wildman–Crippen LogP) is 2.39. The van der Waals surface area contributed by atoms with Crippen molar-refractivity contribution in [3.05, 3.63) is 22.7 Å². The second kappa shape index (κ2) is 6.27. The first-order valence-electron chi connectivity index (χ1n) is 6.33. The Balaban J connectivity index is 2.06. The Morgan fingerprint density at radius 1 is 1.42 bits per heavy atom. The summed E-state index contributed by atoms with van der Waals surface area (Å²) in [4.78, 5) is 6.51. The van der Waals surface area contributed by atoms with Crippen molar-refractivity contribution in [3.8, 4) is 11.5 Å². The fourth-order valence-corrected chi connectivity index (χ4v) is 2.43. The van der Waals surface area contributed by atoms with Crippen LogP contribution in [0.3, 0.4) is 0 Å². The Hall–Kier alpha value is -1.24. The van der Waals surface area contributed by atoms with Crippen LogP contribution in [0.4, 0.5) is 0 Å². The molecule has 1 N–H and O–H groups in total. The van der Waals surface area contributed by atoms with Crippen LogP contribution in [0.25, 0.3) is 11.5 Å². The van der Waals surface area contributed by atoms with Gasteiger partial charge >= 0.3 is 0 Å². The number of thiophene rings is 1. The molecule has 0 aliphatic rings. The van der Waals surface area contributed by atoms with Gasteiger partial charge in [-0.3, -0.25) is 4.90 Å². The third-order valence-corrected chi connectivity index (χ3v) is 3.49. The zero-order valence-corrected chi connectivity index (χ0v) is 12.2. The van der Waals surface area contributed by atoms with Gasteiger partial charge in [0.25, 0.3) is 5.89 Å². The van der Waals surface area contributed by atoms with E-state index in [4.69, 9.17) is 4.52 Å². The highest BCUT2D eigenvalue weighted by molar-refractivity contribution is 7.08. The van der Waals surface area contributed by atoms with Gasteiger partial charge in [-0.2, -0.15) is 16.3 Å². The average molecular weight is 281 g/mol. The van der Waals surface area contributed by atoms with Crippen LogP contribution in [-0.4, -0.2) is 38.8 Å². The van der Waals surface area contributed by atoms with Gasteiger partial charge in [0.15, 0.2) is 5.82 Å². The molecule has 2 aromatic heterocycles. The zero-order chi connectivity index (χ0) is 13.8. The monoisotopic (exact) mass is 281 g/mol. The minimum absolute atomic E-state index is 0.317. The highest BCUT2D eigenvalue weighted by atomic mass is 32.1. The van der Waals surface area contributed by atoms with Crippen LogP contribution in [0.1, 0.15) is 26.6 Å². The van der Waals surface area contributed by atoms with Crippen molar-refractivity contribution in [2.45, 2.75) is 39.5 Å². The number of aliphatic hydroxyl groups is 1. The summed E-state index contributed by atoms with van der Waals surface area (Å²) < 4.78 is 5.25. The average Bonchev–Trinajstić information content (AvgIpc) is 2.97. The lowest BCUT2D eigenvalue weighted by molar-refractivity contribution is 0.100. The van der Waals surface area contributed by atoms with E-state index in [9.17, 15) is 5.11 Å². The molecule has 0 saturated carbocycles. The Morgan fingerprint density at radius 2 is 2.21 bits per heavy atom. The number of hydrogen-bond acceptors (Lipinski definition) is 6. The zero-order valence-electron chi connectivity index (χ0n) is 11.4. The number of aliphatic hydroxyl groups excluding tert-OH is 1. The smallest absolute Gasteiger partial charge is 0.258 e. The number of rotatable bonds is 6. The lowest BCUT2D eigenvalue weighted by Gasteiger charge is -2.26. The van der Waals surface area contributed by atoms with Crippen LogP contribution in [0.2, 0.25) is 0 Å². The van der Waals surface area contributed by atoms with Gasteiger partial charge in [0.2, 0.25) is 0 Å². The van der Waals surface area contributed by atoms with Crippen molar-refractivity contribution in [2.24, 2.45) is 0 Å². The largest absolute Gasteiger partial charge is 0.392 e. The molecule has 0 aliphatic heterocycles. The highest BCUT2D eigenvalue weighted by Gasteiger charge is 2.16. The Bertz CT molecular complexity index is 494. The molecule has 0 bridgehead atoms. The van der Waals surface area contributed by atoms with Crippen LogP contribution in [0, 0.1) is 0 Å². The predicted molar refractivity (Wildman–Crippen MR) is 74.8 cm³/mol. The molecule has 1 unspecified atom stereocenters. The maximum Gasteiger partial charge on any atom is 0.258 e. The molecule has 0 radical (unpaired) electrons. The van der Waals surface area contributed by atoms with E-state index in [0.29, 0.717) is 30.8 Å². The van der Waals surface area contributed by atoms with E-state index < -0.39 is 0 Å². The van der Waals surface area contributed by atoms with Gasteiger partial charge < -0.3 is 9.63 Å². The van der Waals surface area contributed by atoms with E-state index in [1.54, 1.807) is 18.3 Å². The topological polar surface area (TPSA) is 62.4 Å². The quantitative estimate of drug-likeness (QED) is 0.881. The van der Waals surface area contributed by atoms with Gasteiger partial charge in [-0.1, -0.05) is 5.16 Å². The molecule has 0 amide bonds. The summed E-state index contributed by atoms with van der Waals surface area (Å²) >= 11 is 1.60. The molecule has 2 aromatic rings. The van der Waals surface area contributed by atoms with Gasteiger partial charge in [-0.05, 0) is 32.2 Å². The minimum atomic E-state index is -0.370. The van der Waals surface area contributed by atoms with Crippen LogP contribution in [-0.2, 0) is 6.54 Å². The molecule has 1 atom stereocenters. The van der Waals surface area contributed by atoms with E-state index in [1.807, 2.05) is 16.8 Å². The summed E-state index contributed by atoms with van der Waals surface area (Å²) in [6.45, 7) is 7.13. The SMILES string of the molecule is CC(O)CN(Cc1noc(-c2ccsc2)n1)C(C)C. The Morgan fingerprint density at radius 3 is 2.79 bits per heavy atom. The third-order valence-electron chi connectivity index (χ3n) is 2.81. The van der Waals surface area contributed by atoms with E-state index in [0.717, 1.165) is 5.56 Å². The summed E-state index contributed by atoms with van der Waals surface area (Å²) in [6, 6.07) is 2.27. The Kier molecular flexibility index (Phi) is 4.68. The van der Waals surface area contributed by atoms with Gasteiger partial charge in [-0.25, -0.2) is 0 Å². The second-order valence-corrected chi connectivity index (χ2v) is 5.68. The lowest BCUT2D eigenvalue weighted by Crippen LogP contribution is -2.36. The first kappa shape index (κ1) is 14.2. The molecule has 0 saturated heterocycles. The normalized spacial score (nSPS) is 13.4. The summed E-state index contributed by atoms with van der Waals surface area (Å²) in [6.07, 6.45) is -0.370. The molecule has 2 rings (SSSR count). The van der Waals surface area contributed by atoms with Crippen molar-refractivity contribution >= 4 is 11.3 Å². The van der Waals surface area contributed by atoms with Gasteiger partial charge in [0, 0.05) is 18.0 Å². The van der Waals surface area contributed by atoms with Gasteiger partial charge in [0.1, 0.15) is 0 Å². The fraction of sp³-hybridized carbons (Fsp3) is 0.538. The number of nitrogens with zero attached hydrogens (tertiary/aromatic N) is 3. The van der Waals surface area contributed by atoms with Crippen molar-refractivity contribution in [2.75, 3.05) is 6.54 Å². The van der Waals surface area contributed by atoms with Crippen molar-refractivity contribution < 1.29 is 9.63 Å². The first-order valence-corrected chi connectivity index (χ1v) is 7.28. The standard InChI is InChI=1S/C13H19N3O2S/c1-9(2)16(6-10(3)17)7-12-14-13(18-15-12)11-4-5-19-8-11/h4-5,8-10,17H,6-7H2,1-3H3. The fourth-order valence-electron chi connectivity index (χ4n) is 1.80. The molecule has 104 valence electrons. The molecule has 2 heterocycles. The van der Waals surface area contributed by atoms with Crippen molar-refractivity contribution in [3.63, 3.8) is 0 Å². The molecular weight excluding hydrogens is 262 g/mol. The number of aromatic nitrogens is 2. The molecule has 0 aliphatic carbocycles. The van der Waals surface area contributed by atoms with Crippen molar-refractivity contribution in [1.29, 1.82) is 0 Å². The number of hydrogen-bond donors (Lipinski definition) is 1. The van der Waals surface area contributed by atoms with E-state index in [1.165, 1.54) is 0 Å². The van der Waals surface area contributed by atoms with E-state index in [-0.39, 0.29) is 6.10 Å². The molecule has 5 nitrogen and oxygen atoms in total. The summed E-state index contributed by atoms with van der Waals surface area (Å²) in [7, 11) is 0. The highest BCUT2D eigenvalue weighted by Crippen LogP contribution is 2.20. The molecule has 0 aromatic carbocycles. The van der Waals surface area contributed by atoms with Crippen LogP contribution < -0.4 is 0 Å². The summed E-state index contributed by atoms with van der Waals surface area (Å²) in [5, 5.41) is 17.5. The third kappa shape index (κ3) is 3.86. The molecule has 19 heavy (non-hydrogen) atoms. The first-order chi connectivity index (χ1) is 9.06. The summed E-state index contributed by atoms with van der Waals surface area (Å²) in [5.41, 5.74) is 0.954.